The molecule has 182 valence electrons. The summed E-state index contributed by atoms with van der Waals surface area (Å²) in [4.78, 5) is 30.3. The lowest BCUT2D eigenvalue weighted by Crippen LogP contribution is -2.38. The normalized spacial score (nSPS) is 17.5. The summed E-state index contributed by atoms with van der Waals surface area (Å²) < 4.78 is 2.60. The van der Waals surface area contributed by atoms with E-state index in [-0.39, 0.29) is 11.3 Å². The van der Waals surface area contributed by atoms with Crippen LogP contribution in [0.5, 0.6) is 0 Å². The summed E-state index contributed by atoms with van der Waals surface area (Å²) in [5, 5.41) is 15.9. The van der Waals surface area contributed by atoms with Crippen LogP contribution < -0.4 is 0 Å². The van der Waals surface area contributed by atoms with Gasteiger partial charge in [-0.15, -0.1) is 0 Å². The van der Waals surface area contributed by atoms with Gasteiger partial charge < -0.3 is 14.9 Å². The molecule has 1 aromatic heterocycles. The second-order valence-electron chi connectivity index (χ2n) is 8.46. The molecule has 1 amide bonds. The minimum absolute atomic E-state index is 0.0904. The second-order valence-corrected chi connectivity index (χ2v) is 9.38. The highest BCUT2D eigenvalue weighted by Gasteiger charge is 2.46. The van der Waals surface area contributed by atoms with Crippen molar-refractivity contribution in [2.24, 2.45) is 0 Å². The molecule has 0 spiro atoms. The lowest BCUT2D eigenvalue weighted by molar-refractivity contribution is -0.140. The molecule has 2 heterocycles. The Morgan fingerprint density at radius 2 is 1.71 bits per heavy atom. The fourth-order valence-electron chi connectivity index (χ4n) is 4.51. The Kier molecular flexibility index (Phi) is 7.52. The molecule has 1 aliphatic heterocycles. The minimum atomic E-state index is -0.682. The van der Waals surface area contributed by atoms with Gasteiger partial charge in [0.05, 0.1) is 34.8 Å². The number of aliphatic hydroxyl groups excluding tert-OH is 1. The monoisotopic (exact) mass is 536 g/mol. The third kappa shape index (κ3) is 4.81. The quantitative estimate of drug-likeness (QED) is 0.256. The number of nitrogens with zero attached hydrogens (tertiary/aromatic N) is 4. The number of amides is 1. The number of carbonyl (C=O) groups is 2. The van der Waals surface area contributed by atoms with E-state index in [1.807, 2.05) is 61.5 Å². The van der Waals surface area contributed by atoms with E-state index in [4.69, 9.17) is 0 Å². The van der Waals surface area contributed by atoms with Crippen LogP contribution in [0.2, 0.25) is 0 Å². The molecule has 2 aromatic carbocycles. The first-order chi connectivity index (χ1) is 16.9. The number of rotatable bonds is 8. The molecule has 0 radical (unpaired) electrons. The number of likely N-dealkylation sites (N-methyl/N-ethyl adjacent to an activating group) is 1. The van der Waals surface area contributed by atoms with Gasteiger partial charge >= 0.3 is 0 Å². The Bertz CT molecular complexity index is 1250. The predicted molar refractivity (Wildman–Crippen MR) is 139 cm³/mol. The summed E-state index contributed by atoms with van der Waals surface area (Å²) in [5.41, 5.74) is 2.80. The zero-order valence-corrected chi connectivity index (χ0v) is 21.7. The van der Waals surface area contributed by atoms with E-state index in [0.717, 1.165) is 28.8 Å². The Morgan fingerprint density at radius 1 is 1.06 bits per heavy atom. The van der Waals surface area contributed by atoms with Crippen molar-refractivity contribution in [3.8, 4) is 5.69 Å². The van der Waals surface area contributed by atoms with Crippen LogP contribution in [0.1, 0.15) is 36.7 Å². The van der Waals surface area contributed by atoms with Gasteiger partial charge in [-0.05, 0) is 49.8 Å². The van der Waals surface area contributed by atoms with Crippen LogP contribution in [-0.2, 0) is 9.59 Å². The third-order valence-electron chi connectivity index (χ3n) is 6.54. The van der Waals surface area contributed by atoms with Gasteiger partial charge in [0.1, 0.15) is 5.76 Å². The topological polar surface area (TPSA) is 78.7 Å². The Morgan fingerprint density at radius 3 is 2.34 bits per heavy atom. The smallest absolute Gasteiger partial charge is 0.295 e. The number of benzene rings is 2. The van der Waals surface area contributed by atoms with Gasteiger partial charge in [-0.2, -0.15) is 5.10 Å². The van der Waals surface area contributed by atoms with Crippen LogP contribution in [0.15, 0.2) is 70.8 Å². The molecule has 4 rings (SSSR count). The first-order valence-corrected chi connectivity index (χ1v) is 12.5. The first kappa shape index (κ1) is 24.9. The number of halogens is 1. The van der Waals surface area contributed by atoms with Gasteiger partial charge in [-0.3, -0.25) is 9.59 Å². The van der Waals surface area contributed by atoms with E-state index >= 15 is 0 Å². The molecule has 1 aliphatic rings. The van der Waals surface area contributed by atoms with Crippen LogP contribution in [0, 0.1) is 6.92 Å². The lowest BCUT2D eigenvalue weighted by atomic mass is 9.95. The molecule has 1 N–H and O–H groups in total. The average molecular weight is 537 g/mol. The standard InChI is InChI=1S/C27H29BrN4O3/c1-4-30(5-2)15-16-31-24(19-11-13-20(28)14-12-19)23(26(34)27(31)35)25(33)22-17-29-32(18(22)3)21-9-7-6-8-10-21/h6-14,17,24,33H,4-5,15-16H2,1-3H3/b25-23+. The summed E-state index contributed by atoms with van der Waals surface area (Å²) in [6.07, 6.45) is 1.54. The average Bonchev–Trinajstić information content (AvgIpc) is 3.38. The van der Waals surface area contributed by atoms with Crippen LogP contribution in [-0.4, -0.2) is 62.6 Å². The number of likely N-dealkylation sites (tertiary alicyclic amines) is 1. The van der Waals surface area contributed by atoms with Gasteiger partial charge in [0, 0.05) is 17.6 Å². The van der Waals surface area contributed by atoms with Crippen LogP contribution >= 0.6 is 15.9 Å². The first-order valence-electron chi connectivity index (χ1n) is 11.7. The molecule has 1 atom stereocenters. The van der Waals surface area contributed by atoms with Crippen molar-refractivity contribution in [1.29, 1.82) is 0 Å². The van der Waals surface area contributed by atoms with E-state index in [1.54, 1.807) is 15.8 Å². The maximum atomic E-state index is 13.3. The molecular formula is C27H29BrN4O3. The van der Waals surface area contributed by atoms with Crippen molar-refractivity contribution in [2.45, 2.75) is 26.8 Å². The number of Topliss-reactive ketones (excluding diaryl/α,β-unsaturated/α-hetero) is 1. The molecule has 0 aliphatic carbocycles. The third-order valence-corrected chi connectivity index (χ3v) is 7.07. The van der Waals surface area contributed by atoms with Crippen LogP contribution in [0.4, 0.5) is 0 Å². The number of hydrogen-bond donors (Lipinski definition) is 1. The number of aliphatic hydroxyl groups is 1. The summed E-state index contributed by atoms with van der Waals surface area (Å²) in [6, 6.07) is 16.4. The van der Waals surface area contributed by atoms with Crippen molar-refractivity contribution in [1.82, 2.24) is 19.6 Å². The molecule has 7 nitrogen and oxygen atoms in total. The number of carbonyl (C=O) groups excluding carboxylic acids is 2. The van der Waals surface area contributed by atoms with E-state index in [0.29, 0.717) is 24.3 Å². The molecular weight excluding hydrogens is 508 g/mol. The lowest BCUT2D eigenvalue weighted by Gasteiger charge is -2.28. The van der Waals surface area contributed by atoms with Crippen molar-refractivity contribution in [3.63, 3.8) is 0 Å². The zero-order chi connectivity index (χ0) is 25.1. The highest BCUT2D eigenvalue weighted by atomic mass is 79.9. The summed E-state index contributed by atoms with van der Waals surface area (Å²) in [6.45, 7) is 8.68. The highest BCUT2D eigenvalue weighted by molar-refractivity contribution is 9.10. The maximum absolute atomic E-state index is 13.3. The Balaban J connectivity index is 1.81. The zero-order valence-electron chi connectivity index (χ0n) is 20.1. The molecule has 0 bridgehead atoms. The Labute approximate surface area is 213 Å². The van der Waals surface area contributed by atoms with Crippen molar-refractivity contribution in [3.05, 3.63) is 87.7 Å². The second kappa shape index (κ2) is 10.6. The summed E-state index contributed by atoms with van der Waals surface area (Å²) in [7, 11) is 0. The fraction of sp³-hybridized carbons (Fsp3) is 0.296. The SMILES string of the molecule is CCN(CC)CCN1C(=O)C(=O)/C(=C(/O)c2cnn(-c3ccccc3)c2C)C1c1ccc(Br)cc1. The highest BCUT2D eigenvalue weighted by Crippen LogP contribution is 2.40. The molecule has 0 saturated carbocycles. The molecule has 1 unspecified atom stereocenters. The van der Waals surface area contributed by atoms with Gasteiger partial charge in [0.25, 0.3) is 11.7 Å². The van der Waals surface area contributed by atoms with E-state index in [9.17, 15) is 14.7 Å². The van der Waals surface area contributed by atoms with Crippen molar-refractivity contribution >= 4 is 33.4 Å². The molecule has 8 heteroatoms. The van der Waals surface area contributed by atoms with Gasteiger partial charge in [-0.25, -0.2) is 4.68 Å². The molecule has 35 heavy (non-hydrogen) atoms. The fourth-order valence-corrected chi connectivity index (χ4v) is 4.77. The summed E-state index contributed by atoms with van der Waals surface area (Å²) in [5.74, 6) is -1.48. The predicted octanol–water partition coefficient (Wildman–Crippen LogP) is 4.71. The number of para-hydroxylation sites is 1. The molecule has 3 aromatic rings. The number of hydrogen-bond acceptors (Lipinski definition) is 5. The van der Waals surface area contributed by atoms with Crippen molar-refractivity contribution in [2.75, 3.05) is 26.2 Å². The maximum Gasteiger partial charge on any atom is 0.295 e. The number of ketones is 1. The minimum Gasteiger partial charge on any atom is -0.507 e. The summed E-state index contributed by atoms with van der Waals surface area (Å²) >= 11 is 3.45. The van der Waals surface area contributed by atoms with E-state index in [1.165, 1.54) is 0 Å². The van der Waals surface area contributed by atoms with Crippen LogP contribution in [0.3, 0.4) is 0 Å². The van der Waals surface area contributed by atoms with Crippen LogP contribution in [0.25, 0.3) is 11.4 Å². The largest absolute Gasteiger partial charge is 0.507 e. The van der Waals surface area contributed by atoms with Gasteiger partial charge in [-0.1, -0.05) is 60.1 Å². The molecule has 1 fully saturated rings. The van der Waals surface area contributed by atoms with Crippen molar-refractivity contribution < 1.29 is 14.7 Å². The van der Waals surface area contributed by atoms with Gasteiger partial charge in [0.15, 0.2) is 0 Å². The number of aromatic nitrogens is 2. The molecule has 1 saturated heterocycles. The van der Waals surface area contributed by atoms with E-state index < -0.39 is 17.7 Å². The Hall–Kier alpha value is -3.23. The van der Waals surface area contributed by atoms with E-state index in [2.05, 4.69) is 39.8 Å². The van der Waals surface area contributed by atoms with Gasteiger partial charge in [0.2, 0.25) is 0 Å².